The Kier molecular flexibility index (Phi) is 5.75. The zero-order valence-electron chi connectivity index (χ0n) is 13.3. The third kappa shape index (κ3) is 4.21. The normalized spacial score (nSPS) is 11.7. The number of rotatable bonds is 4. The molecular formula is C16H15Cl2N3O3. The molecule has 0 fully saturated rings. The van der Waals surface area contributed by atoms with Crippen LogP contribution in [0.2, 0.25) is 10.3 Å². The molecule has 0 aromatic carbocycles. The molecule has 1 N–H and O–H groups in total. The van der Waals surface area contributed by atoms with Crippen LogP contribution in [0.1, 0.15) is 28.5 Å². The third-order valence-corrected chi connectivity index (χ3v) is 3.75. The number of carbonyl (C=O) groups is 2. The van der Waals surface area contributed by atoms with Gasteiger partial charge in [0.15, 0.2) is 11.3 Å². The molecule has 2 heterocycles. The van der Waals surface area contributed by atoms with E-state index < -0.39 is 18.0 Å². The molecular weight excluding hydrogens is 353 g/mol. The van der Waals surface area contributed by atoms with E-state index in [-0.39, 0.29) is 15.9 Å². The summed E-state index contributed by atoms with van der Waals surface area (Å²) in [5, 5.41) is 2.73. The van der Waals surface area contributed by atoms with Gasteiger partial charge < -0.3 is 10.1 Å². The van der Waals surface area contributed by atoms with Crippen molar-refractivity contribution < 1.29 is 14.3 Å². The van der Waals surface area contributed by atoms with Crippen molar-refractivity contribution in [3.8, 4) is 0 Å². The lowest BCUT2D eigenvalue weighted by Gasteiger charge is -2.15. The van der Waals surface area contributed by atoms with E-state index >= 15 is 0 Å². The predicted molar refractivity (Wildman–Crippen MR) is 91.5 cm³/mol. The van der Waals surface area contributed by atoms with E-state index in [1.54, 1.807) is 32.0 Å². The molecule has 0 radical (unpaired) electrons. The average Bonchev–Trinajstić information content (AvgIpc) is 2.48. The minimum Gasteiger partial charge on any atom is -0.449 e. The van der Waals surface area contributed by atoms with Crippen molar-refractivity contribution in [2.75, 3.05) is 5.32 Å². The van der Waals surface area contributed by atoms with Gasteiger partial charge >= 0.3 is 5.97 Å². The Morgan fingerprint density at radius 1 is 1.25 bits per heavy atom. The number of halogens is 2. The van der Waals surface area contributed by atoms with Crippen LogP contribution in [-0.2, 0) is 9.53 Å². The zero-order valence-corrected chi connectivity index (χ0v) is 14.8. The van der Waals surface area contributed by atoms with Crippen LogP contribution in [0.4, 0.5) is 5.69 Å². The predicted octanol–water partition coefficient (Wildman–Crippen LogP) is 3.58. The van der Waals surface area contributed by atoms with Crippen molar-refractivity contribution in [2.24, 2.45) is 0 Å². The van der Waals surface area contributed by atoms with Crippen LogP contribution >= 0.6 is 23.2 Å². The van der Waals surface area contributed by atoms with Gasteiger partial charge in [-0.15, -0.1) is 0 Å². The second-order valence-corrected chi connectivity index (χ2v) is 5.84. The first-order valence-corrected chi connectivity index (χ1v) is 7.81. The number of hydrogen-bond acceptors (Lipinski definition) is 5. The lowest BCUT2D eigenvalue weighted by molar-refractivity contribution is -0.123. The SMILES string of the molecule is Cc1cc(C)c(C(=O)O[C@@H](C)C(=O)Nc2cccnc2Cl)c(Cl)n1. The molecule has 0 unspecified atom stereocenters. The summed E-state index contributed by atoms with van der Waals surface area (Å²) >= 11 is 11.9. The summed E-state index contributed by atoms with van der Waals surface area (Å²) in [7, 11) is 0. The fourth-order valence-electron chi connectivity index (χ4n) is 2.02. The Labute approximate surface area is 149 Å². The lowest BCUT2D eigenvalue weighted by Crippen LogP contribution is -2.30. The zero-order chi connectivity index (χ0) is 17.9. The molecule has 6 nitrogen and oxygen atoms in total. The van der Waals surface area contributed by atoms with Crippen LogP contribution in [0.15, 0.2) is 24.4 Å². The van der Waals surface area contributed by atoms with Gasteiger partial charge in [0.1, 0.15) is 5.15 Å². The first kappa shape index (κ1) is 18.2. The highest BCUT2D eigenvalue weighted by atomic mass is 35.5. The van der Waals surface area contributed by atoms with Gasteiger partial charge in [-0.2, -0.15) is 0 Å². The van der Waals surface area contributed by atoms with Crippen molar-refractivity contribution in [1.82, 2.24) is 9.97 Å². The number of amides is 1. The fraction of sp³-hybridized carbons (Fsp3) is 0.250. The lowest BCUT2D eigenvalue weighted by atomic mass is 10.1. The highest BCUT2D eigenvalue weighted by Gasteiger charge is 2.23. The number of aromatic nitrogens is 2. The van der Waals surface area contributed by atoms with Gasteiger partial charge in [0.2, 0.25) is 0 Å². The van der Waals surface area contributed by atoms with E-state index in [9.17, 15) is 9.59 Å². The minimum atomic E-state index is -1.05. The van der Waals surface area contributed by atoms with Crippen molar-refractivity contribution >= 4 is 40.8 Å². The van der Waals surface area contributed by atoms with E-state index in [2.05, 4.69) is 15.3 Å². The summed E-state index contributed by atoms with van der Waals surface area (Å²) in [4.78, 5) is 32.3. The van der Waals surface area contributed by atoms with E-state index in [0.29, 0.717) is 16.9 Å². The molecule has 2 aromatic heterocycles. The summed E-state index contributed by atoms with van der Waals surface area (Å²) < 4.78 is 5.17. The third-order valence-electron chi connectivity index (χ3n) is 3.17. The Hall–Kier alpha value is -2.18. The van der Waals surface area contributed by atoms with Gasteiger partial charge in [0.05, 0.1) is 11.3 Å². The van der Waals surface area contributed by atoms with Crippen LogP contribution < -0.4 is 5.32 Å². The summed E-state index contributed by atoms with van der Waals surface area (Å²) in [5.74, 6) is -1.25. The molecule has 0 aliphatic carbocycles. The van der Waals surface area contributed by atoms with E-state index in [0.717, 1.165) is 0 Å². The monoisotopic (exact) mass is 367 g/mol. The van der Waals surface area contributed by atoms with E-state index in [4.69, 9.17) is 27.9 Å². The standard InChI is InChI=1S/C16H15Cl2N3O3/c1-8-7-9(2)20-14(18)12(8)16(23)24-10(3)15(22)21-11-5-4-6-19-13(11)17/h4-7,10H,1-3H3,(H,21,22)/t10-/m0/s1. The van der Waals surface area contributed by atoms with Crippen LogP contribution in [0.3, 0.4) is 0 Å². The van der Waals surface area contributed by atoms with Crippen molar-refractivity contribution in [1.29, 1.82) is 0 Å². The molecule has 0 saturated carbocycles. The van der Waals surface area contributed by atoms with Gasteiger partial charge in [-0.05, 0) is 44.5 Å². The van der Waals surface area contributed by atoms with Gasteiger partial charge in [-0.3, -0.25) is 4.79 Å². The topological polar surface area (TPSA) is 81.2 Å². The molecule has 126 valence electrons. The molecule has 0 aliphatic heterocycles. The summed E-state index contributed by atoms with van der Waals surface area (Å²) in [6.07, 6.45) is 0.446. The fourth-order valence-corrected chi connectivity index (χ4v) is 2.55. The maximum absolute atomic E-state index is 12.3. The van der Waals surface area contributed by atoms with E-state index in [1.807, 2.05) is 0 Å². The maximum atomic E-state index is 12.3. The Bertz CT molecular complexity index is 773. The Balaban J connectivity index is 2.09. The van der Waals surface area contributed by atoms with Crippen molar-refractivity contribution in [3.05, 3.63) is 51.5 Å². The van der Waals surface area contributed by atoms with Crippen molar-refractivity contribution in [2.45, 2.75) is 26.9 Å². The van der Waals surface area contributed by atoms with Crippen LogP contribution in [0.25, 0.3) is 0 Å². The number of pyridine rings is 2. The molecule has 0 saturated heterocycles. The van der Waals surface area contributed by atoms with Gasteiger partial charge in [-0.25, -0.2) is 14.8 Å². The first-order valence-electron chi connectivity index (χ1n) is 7.05. The second-order valence-electron chi connectivity index (χ2n) is 5.12. The Morgan fingerprint density at radius 2 is 1.96 bits per heavy atom. The molecule has 24 heavy (non-hydrogen) atoms. The van der Waals surface area contributed by atoms with Gasteiger partial charge in [-0.1, -0.05) is 23.2 Å². The molecule has 8 heteroatoms. The number of ether oxygens (including phenoxy) is 1. The quantitative estimate of drug-likeness (QED) is 0.659. The first-order chi connectivity index (χ1) is 11.3. The summed E-state index contributed by atoms with van der Waals surface area (Å²) in [6, 6.07) is 4.93. The van der Waals surface area contributed by atoms with Crippen LogP contribution in [-0.4, -0.2) is 27.9 Å². The molecule has 0 aliphatic rings. The van der Waals surface area contributed by atoms with Gasteiger partial charge in [0.25, 0.3) is 5.91 Å². The number of hydrogen-bond donors (Lipinski definition) is 1. The number of nitrogens with zero attached hydrogens (tertiary/aromatic N) is 2. The second kappa shape index (κ2) is 7.59. The smallest absolute Gasteiger partial charge is 0.342 e. The number of carbonyl (C=O) groups excluding carboxylic acids is 2. The Morgan fingerprint density at radius 3 is 2.58 bits per heavy atom. The van der Waals surface area contributed by atoms with Crippen LogP contribution in [0, 0.1) is 13.8 Å². The molecule has 1 atom stereocenters. The molecule has 0 bridgehead atoms. The maximum Gasteiger partial charge on any atom is 0.342 e. The van der Waals surface area contributed by atoms with E-state index in [1.165, 1.54) is 13.1 Å². The average molecular weight is 368 g/mol. The highest BCUT2D eigenvalue weighted by Crippen LogP contribution is 2.21. The highest BCUT2D eigenvalue weighted by molar-refractivity contribution is 6.33. The summed E-state index contributed by atoms with van der Waals surface area (Å²) in [5.41, 5.74) is 1.78. The molecule has 2 aromatic rings. The number of nitrogens with one attached hydrogen (secondary N) is 1. The van der Waals surface area contributed by atoms with Gasteiger partial charge in [0, 0.05) is 11.9 Å². The van der Waals surface area contributed by atoms with Crippen molar-refractivity contribution in [3.63, 3.8) is 0 Å². The summed E-state index contributed by atoms with van der Waals surface area (Å²) in [6.45, 7) is 4.93. The minimum absolute atomic E-state index is 0.0420. The number of anilines is 1. The molecule has 0 spiro atoms. The largest absolute Gasteiger partial charge is 0.449 e. The van der Waals surface area contributed by atoms with Crippen LogP contribution in [0.5, 0.6) is 0 Å². The number of aryl methyl sites for hydroxylation is 2. The number of esters is 1. The molecule has 1 amide bonds. The molecule has 2 rings (SSSR count).